The monoisotopic (exact) mass is 510 g/mol. The number of hydrogen-bond donors (Lipinski definition) is 7. The predicted octanol–water partition coefficient (Wildman–Crippen LogP) is -1.64. The third-order valence-corrected chi connectivity index (χ3v) is 6.79. The minimum Gasteiger partial charge on any atom is -0.508 e. The van der Waals surface area contributed by atoms with Crippen LogP contribution in [-0.2, 0) is 23.7 Å². The summed E-state index contributed by atoms with van der Waals surface area (Å²) in [4.78, 5) is 12.5. The summed E-state index contributed by atoms with van der Waals surface area (Å²) in [6, 6.07) is 6.15. The Kier molecular flexibility index (Phi) is 7.97. The molecule has 3 aliphatic rings. The van der Waals surface area contributed by atoms with Gasteiger partial charge in [-0.05, 0) is 29.8 Å². The predicted molar refractivity (Wildman–Crippen MR) is 120 cm³/mol. The second-order valence-electron chi connectivity index (χ2n) is 9.14. The Morgan fingerprint density at radius 2 is 1.81 bits per heavy atom. The number of benzene rings is 1. The standard InChI is InChI=1S/C24H30O12/c25-10-16-19(29)20(30)21(31)23(35-16)36-22-18-14(7-8-33-22)15(9-24(18,32)11-26)34-17(28)6-3-12-1-4-13(27)5-2-12/h1-8,14-16,18-23,25-27,29-32H,9-11H2. The number of phenols is 1. The fourth-order valence-electron chi connectivity index (χ4n) is 4.84. The first-order chi connectivity index (χ1) is 17.2. The van der Waals surface area contributed by atoms with Crippen molar-refractivity contribution in [3.05, 3.63) is 48.2 Å². The maximum Gasteiger partial charge on any atom is 0.331 e. The second kappa shape index (κ2) is 10.8. The fourth-order valence-corrected chi connectivity index (χ4v) is 4.84. The summed E-state index contributed by atoms with van der Waals surface area (Å²) >= 11 is 0. The number of rotatable bonds is 7. The molecule has 2 fully saturated rings. The number of aliphatic hydroxyl groups is 6. The Bertz CT molecular complexity index is 962. The topological polar surface area (TPSA) is 196 Å². The number of carbonyl (C=O) groups excluding carboxylic acids is 1. The summed E-state index contributed by atoms with van der Waals surface area (Å²) in [6.45, 7) is -1.37. The van der Waals surface area contributed by atoms with Crippen molar-refractivity contribution in [2.45, 2.75) is 55.1 Å². The van der Waals surface area contributed by atoms with Crippen LogP contribution in [0.5, 0.6) is 5.75 Å². The van der Waals surface area contributed by atoms with Crippen molar-refractivity contribution in [3.8, 4) is 5.75 Å². The van der Waals surface area contributed by atoms with Gasteiger partial charge in [0, 0.05) is 18.4 Å². The lowest BCUT2D eigenvalue weighted by Gasteiger charge is -2.43. The van der Waals surface area contributed by atoms with Gasteiger partial charge in [-0.25, -0.2) is 4.79 Å². The Balaban J connectivity index is 1.47. The molecule has 1 aliphatic carbocycles. The van der Waals surface area contributed by atoms with Crippen LogP contribution in [0.25, 0.3) is 6.08 Å². The van der Waals surface area contributed by atoms with Crippen molar-refractivity contribution in [1.82, 2.24) is 0 Å². The summed E-state index contributed by atoms with van der Waals surface area (Å²) in [5.74, 6) is -2.21. The fraction of sp³-hybridized carbons (Fsp3) is 0.542. The van der Waals surface area contributed by atoms with Crippen LogP contribution in [0.15, 0.2) is 42.7 Å². The van der Waals surface area contributed by atoms with Gasteiger partial charge in [-0.15, -0.1) is 0 Å². The molecule has 1 saturated carbocycles. The highest BCUT2D eigenvalue weighted by atomic mass is 16.8. The zero-order chi connectivity index (χ0) is 26.0. The molecular formula is C24H30O12. The second-order valence-corrected chi connectivity index (χ2v) is 9.14. The van der Waals surface area contributed by atoms with Gasteiger partial charge in [0.05, 0.1) is 25.4 Å². The van der Waals surface area contributed by atoms with Crippen molar-refractivity contribution >= 4 is 12.0 Å². The van der Waals surface area contributed by atoms with E-state index in [0.717, 1.165) is 0 Å². The van der Waals surface area contributed by atoms with Gasteiger partial charge in [0.25, 0.3) is 0 Å². The highest BCUT2D eigenvalue weighted by Crippen LogP contribution is 2.48. The molecule has 36 heavy (non-hydrogen) atoms. The molecule has 198 valence electrons. The van der Waals surface area contributed by atoms with Gasteiger partial charge in [-0.1, -0.05) is 12.1 Å². The molecule has 0 spiro atoms. The zero-order valence-corrected chi connectivity index (χ0v) is 19.1. The van der Waals surface area contributed by atoms with Gasteiger partial charge >= 0.3 is 5.97 Å². The Hall–Kier alpha value is -2.55. The summed E-state index contributed by atoms with van der Waals surface area (Å²) in [6.07, 6.45) is -4.46. The number of fused-ring (bicyclic) bond motifs is 1. The van der Waals surface area contributed by atoms with Crippen LogP contribution in [-0.4, -0.2) is 104 Å². The lowest BCUT2D eigenvalue weighted by atomic mass is 9.84. The Labute approximate surface area is 206 Å². The number of hydrogen-bond acceptors (Lipinski definition) is 12. The highest BCUT2D eigenvalue weighted by molar-refractivity contribution is 5.87. The molecule has 4 rings (SSSR count). The number of ether oxygens (including phenoxy) is 4. The van der Waals surface area contributed by atoms with Crippen LogP contribution in [0.3, 0.4) is 0 Å². The van der Waals surface area contributed by atoms with E-state index < -0.39 is 79.7 Å². The molecule has 0 aromatic heterocycles. The molecule has 2 heterocycles. The van der Waals surface area contributed by atoms with Crippen molar-refractivity contribution in [2.75, 3.05) is 13.2 Å². The van der Waals surface area contributed by atoms with E-state index >= 15 is 0 Å². The Morgan fingerprint density at radius 1 is 1.08 bits per heavy atom. The van der Waals surface area contributed by atoms with Gasteiger partial charge < -0.3 is 54.7 Å². The summed E-state index contributed by atoms with van der Waals surface area (Å²) in [7, 11) is 0. The molecule has 2 aliphatic heterocycles. The van der Waals surface area contributed by atoms with Crippen molar-refractivity contribution < 1.29 is 59.5 Å². The lowest BCUT2D eigenvalue weighted by Crippen LogP contribution is -2.61. The van der Waals surface area contributed by atoms with Crippen LogP contribution in [0, 0.1) is 11.8 Å². The quantitative estimate of drug-likeness (QED) is 0.164. The number of carbonyl (C=O) groups is 1. The minimum atomic E-state index is -1.79. The third-order valence-electron chi connectivity index (χ3n) is 6.79. The molecule has 7 N–H and O–H groups in total. The highest BCUT2D eigenvalue weighted by Gasteiger charge is 2.59. The molecule has 0 bridgehead atoms. The normalized spacial score (nSPS) is 40.1. The van der Waals surface area contributed by atoms with E-state index in [1.54, 1.807) is 18.2 Å². The van der Waals surface area contributed by atoms with E-state index in [-0.39, 0.29) is 12.2 Å². The molecule has 1 saturated heterocycles. The first kappa shape index (κ1) is 26.5. The van der Waals surface area contributed by atoms with Crippen LogP contribution in [0.4, 0.5) is 0 Å². The van der Waals surface area contributed by atoms with E-state index in [0.29, 0.717) is 5.56 Å². The van der Waals surface area contributed by atoms with Crippen LogP contribution in [0.1, 0.15) is 12.0 Å². The Morgan fingerprint density at radius 3 is 2.47 bits per heavy atom. The smallest absolute Gasteiger partial charge is 0.331 e. The van der Waals surface area contributed by atoms with E-state index in [2.05, 4.69) is 0 Å². The van der Waals surface area contributed by atoms with Gasteiger partial charge in [0.2, 0.25) is 6.29 Å². The van der Waals surface area contributed by atoms with Crippen LogP contribution in [0.2, 0.25) is 0 Å². The van der Waals surface area contributed by atoms with E-state index in [9.17, 15) is 40.5 Å². The number of aliphatic hydroxyl groups excluding tert-OH is 5. The zero-order valence-electron chi connectivity index (χ0n) is 19.1. The molecule has 10 unspecified atom stereocenters. The van der Waals surface area contributed by atoms with Crippen LogP contribution >= 0.6 is 0 Å². The molecule has 12 nitrogen and oxygen atoms in total. The van der Waals surface area contributed by atoms with Gasteiger partial charge in [-0.2, -0.15) is 0 Å². The lowest BCUT2D eigenvalue weighted by molar-refractivity contribution is -0.347. The molecule has 0 radical (unpaired) electrons. The SMILES string of the molecule is O=C(C=Cc1ccc(O)cc1)OC1CC(O)(CO)C2C(OC3OC(CO)C(O)C(O)C3O)OC=CC12. The average Bonchev–Trinajstić information content (AvgIpc) is 3.16. The van der Waals surface area contributed by atoms with Crippen LogP contribution < -0.4 is 0 Å². The largest absolute Gasteiger partial charge is 0.508 e. The number of aromatic hydroxyl groups is 1. The molecule has 10 atom stereocenters. The molecule has 0 amide bonds. The third kappa shape index (κ3) is 5.26. The van der Waals surface area contributed by atoms with E-state index in [1.165, 1.54) is 30.5 Å². The average molecular weight is 510 g/mol. The molecular weight excluding hydrogens is 480 g/mol. The summed E-state index contributed by atoms with van der Waals surface area (Å²) in [5, 5.41) is 70.2. The molecule has 1 aromatic carbocycles. The molecule has 1 aromatic rings. The van der Waals surface area contributed by atoms with Crippen molar-refractivity contribution in [2.24, 2.45) is 11.8 Å². The van der Waals surface area contributed by atoms with Gasteiger partial charge in [-0.3, -0.25) is 0 Å². The van der Waals surface area contributed by atoms with Gasteiger partial charge in [0.1, 0.15) is 41.9 Å². The summed E-state index contributed by atoms with van der Waals surface area (Å²) < 4.78 is 22.1. The first-order valence-electron chi connectivity index (χ1n) is 11.5. The number of phenolic OH excluding ortho intramolecular Hbond substituents is 1. The minimum absolute atomic E-state index is 0.0850. The van der Waals surface area contributed by atoms with Gasteiger partial charge in [0.15, 0.2) is 6.29 Å². The maximum absolute atomic E-state index is 12.5. The number of esters is 1. The summed E-state index contributed by atoms with van der Waals surface area (Å²) in [5.41, 5.74) is -1.14. The maximum atomic E-state index is 12.5. The first-order valence-corrected chi connectivity index (χ1v) is 11.5. The molecule has 12 heteroatoms. The van der Waals surface area contributed by atoms with E-state index in [1.807, 2.05) is 0 Å². The van der Waals surface area contributed by atoms with Crippen molar-refractivity contribution in [1.29, 1.82) is 0 Å². The van der Waals surface area contributed by atoms with E-state index in [4.69, 9.17) is 18.9 Å². The van der Waals surface area contributed by atoms with Crippen molar-refractivity contribution in [3.63, 3.8) is 0 Å².